The summed E-state index contributed by atoms with van der Waals surface area (Å²) in [5, 5.41) is 0. The number of hydrogen-bond acceptors (Lipinski definition) is 0. The van der Waals surface area contributed by atoms with Gasteiger partial charge in [-0.1, -0.05) is 205 Å². The molecule has 0 unspecified atom stereocenters. The Morgan fingerprint density at radius 2 is 1.00 bits per heavy atom. The van der Waals surface area contributed by atoms with Crippen LogP contribution in [0.15, 0.2) is 59.7 Å². The van der Waals surface area contributed by atoms with Crippen molar-refractivity contribution in [3.8, 4) is 11.8 Å². The molecule has 0 saturated carbocycles. The number of allylic oxidation sites excluding steroid dienone is 2. The summed E-state index contributed by atoms with van der Waals surface area (Å²) in [7, 11) is 0. The van der Waals surface area contributed by atoms with E-state index < -0.39 is 0 Å². The molecule has 2 nitrogen and oxygen atoms in total. The maximum atomic E-state index is 9.70. The molecule has 0 aromatic heterocycles. The quantitative estimate of drug-likeness (QED) is 0.0134. The Kier molecular flexibility index (Phi) is 35.8. The molecule has 0 saturated heterocycles. The predicted octanol–water partition coefficient (Wildman–Crippen LogP) is 17.6. The second-order valence-electron chi connectivity index (χ2n) is 16.1. The predicted molar refractivity (Wildman–Crippen MR) is 250 cm³/mol. The van der Waals surface area contributed by atoms with Gasteiger partial charge in [-0.3, -0.25) is 0 Å². The van der Waals surface area contributed by atoms with Gasteiger partial charge in [-0.25, -0.2) is 0 Å². The van der Waals surface area contributed by atoms with E-state index in [0.717, 1.165) is 69.8 Å². The van der Waals surface area contributed by atoms with E-state index >= 15 is 0 Å². The molecule has 0 N–H and O–H groups in total. The first kappa shape index (κ1) is 52.4. The third-order valence-corrected chi connectivity index (χ3v) is 11.1. The second-order valence-corrected chi connectivity index (χ2v) is 17.1. The third kappa shape index (κ3) is 26.2. The molecule has 2 aromatic rings. The normalized spacial score (nSPS) is 11.2. The summed E-state index contributed by atoms with van der Waals surface area (Å²) in [5.41, 5.74) is 18.5. The van der Waals surface area contributed by atoms with Gasteiger partial charge in [0.25, 0.3) is 0 Å². The van der Waals surface area contributed by atoms with Crippen molar-refractivity contribution >= 4 is 11.4 Å². The first-order chi connectivity index (χ1) is 28.1. The molecular weight excluding hydrogens is 735 g/mol. The van der Waals surface area contributed by atoms with E-state index in [1.165, 1.54) is 162 Å². The molecule has 3 heteroatoms. The van der Waals surface area contributed by atoms with E-state index in [9.17, 15) is 5.53 Å². The molecule has 0 atom stereocenters. The van der Waals surface area contributed by atoms with Crippen LogP contribution in [0.2, 0.25) is 11.8 Å². The molecular formula is C54H86N2Ni. The van der Waals surface area contributed by atoms with Gasteiger partial charge in [-0.05, 0) is 84.8 Å². The van der Waals surface area contributed by atoms with Gasteiger partial charge in [0.2, 0.25) is 0 Å². The number of rotatable bonds is 32. The van der Waals surface area contributed by atoms with Crippen LogP contribution >= 0.6 is 0 Å². The van der Waals surface area contributed by atoms with Gasteiger partial charge in [-0.15, -0.1) is 16.6 Å². The molecule has 0 aliphatic carbocycles. The number of benzene rings is 2. The number of nitrogens with zero attached hydrogens (tertiary/aromatic N) is 2. The molecule has 0 radical (unpaired) electrons. The summed E-state index contributed by atoms with van der Waals surface area (Å²) in [5.74, 6) is 14.2. The summed E-state index contributed by atoms with van der Waals surface area (Å²) < 4.78 is 0. The van der Waals surface area contributed by atoms with Gasteiger partial charge in [0.1, 0.15) is 0 Å². The van der Waals surface area contributed by atoms with Crippen LogP contribution in [0.3, 0.4) is 0 Å². The number of hydrogen-bond donors (Lipinski definition) is 0. The summed E-state index contributed by atoms with van der Waals surface area (Å²) in [6.07, 6.45) is 37.9. The number of unbranched alkanes of at least 4 members (excludes halogenated alkanes) is 21. The Hall–Kier alpha value is -2.61. The van der Waals surface area contributed by atoms with E-state index in [-0.39, 0.29) is 0 Å². The van der Waals surface area contributed by atoms with E-state index in [2.05, 4.69) is 111 Å². The Labute approximate surface area is 360 Å². The monoisotopic (exact) mass is 821 g/mol. The zero-order valence-corrected chi connectivity index (χ0v) is 39.0. The number of aryl methyl sites for hydroxylation is 2. The fourth-order valence-electron chi connectivity index (χ4n) is 7.65. The minimum absolute atomic E-state index is 0.866. The molecule has 0 bridgehead atoms. The fraction of sp³-hybridized carbons (Fsp3) is 0.667. The first-order valence-electron chi connectivity index (χ1n) is 23.7. The van der Waals surface area contributed by atoms with Gasteiger partial charge in [0.15, 0.2) is 0 Å². The molecule has 0 heterocycles. The van der Waals surface area contributed by atoms with Crippen molar-refractivity contribution < 1.29 is 19.2 Å². The van der Waals surface area contributed by atoms with Gasteiger partial charge in [0.05, 0.1) is 5.57 Å². The molecule has 0 spiro atoms. The van der Waals surface area contributed by atoms with Gasteiger partial charge < -0.3 is 5.53 Å². The van der Waals surface area contributed by atoms with E-state index in [4.69, 9.17) is 0 Å². The maximum absolute atomic E-state index is 9.70. The van der Waals surface area contributed by atoms with Crippen molar-refractivity contribution in [1.82, 2.24) is 0 Å². The molecule has 322 valence electrons. The van der Waals surface area contributed by atoms with Crippen molar-refractivity contribution in [1.29, 1.82) is 0 Å². The summed E-state index contributed by atoms with van der Waals surface area (Å²) >= 11 is 1.62. The van der Waals surface area contributed by atoms with Crippen molar-refractivity contribution in [3.63, 3.8) is 0 Å². The molecule has 2 rings (SSSR count). The minimum atomic E-state index is 0.866. The molecule has 0 amide bonds. The van der Waals surface area contributed by atoms with Crippen molar-refractivity contribution in [2.75, 3.05) is 0 Å². The average Bonchev–Trinajstić information content (AvgIpc) is 3.23. The topological polar surface area (TPSA) is 36.4 Å². The molecule has 2 aromatic carbocycles. The molecule has 0 aliphatic rings. The Morgan fingerprint density at radius 3 is 1.53 bits per heavy atom. The van der Waals surface area contributed by atoms with E-state index in [0.29, 0.717) is 0 Å². The SMILES string of the molecule is CCCCCCCCCCCCCCCCCCCCC#CCCc1ccccc1C(=C(CCCC)C(=C=[N+]=[N-])CCCC)c1ccc(CCCC)cc1.[CH3][Ni][CH3]. The van der Waals surface area contributed by atoms with Crippen LogP contribution in [-0.2, 0) is 27.3 Å². The van der Waals surface area contributed by atoms with E-state index in [1.807, 2.05) is 0 Å². The standard InChI is InChI=1S/C52H80N2.2CH3.Ni/c1-5-9-13-14-15-16-17-18-19-20-21-22-23-24-25-26-27-28-29-30-31-32-37-47-38-33-34-40-50(47)52(48-43-41-46(42-44-48)35-10-6-2)51(39-12-8-4)49(45-54-53)36-11-7-3;;;/h33-34,38,40-44H,5-29,32,35-37,39H2,1-4H3;2*1H3;. The third-order valence-electron chi connectivity index (χ3n) is 11.1. The van der Waals surface area contributed by atoms with Crippen LogP contribution in [0.4, 0.5) is 0 Å². The second kappa shape index (κ2) is 38.9. The van der Waals surface area contributed by atoms with Crippen LogP contribution in [-0.4, -0.2) is 10.7 Å². The molecule has 0 fully saturated rings. The van der Waals surface area contributed by atoms with Crippen LogP contribution < -0.4 is 0 Å². The fourth-order valence-corrected chi connectivity index (χ4v) is 7.65. The zero-order chi connectivity index (χ0) is 41.4. The summed E-state index contributed by atoms with van der Waals surface area (Å²) in [6, 6.07) is 18.2. The summed E-state index contributed by atoms with van der Waals surface area (Å²) in [6.45, 7) is 9.03. The Balaban J connectivity index is 0.00000524. The first-order valence-corrected chi connectivity index (χ1v) is 25.6. The van der Waals surface area contributed by atoms with E-state index in [1.54, 1.807) is 14.4 Å². The molecule has 57 heavy (non-hydrogen) atoms. The Bertz CT molecular complexity index is 1430. The average molecular weight is 822 g/mol. The Morgan fingerprint density at radius 1 is 0.526 bits per heavy atom. The zero-order valence-electron chi connectivity index (χ0n) is 38.0. The van der Waals surface area contributed by atoms with Crippen LogP contribution in [0.5, 0.6) is 0 Å². The molecule has 0 aliphatic heterocycles. The van der Waals surface area contributed by atoms with Gasteiger partial charge in [0, 0.05) is 12.8 Å². The van der Waals surface area contributed by atoms with Crippen LogP contribution in [0, 0.1) is 11.8 Å². The van der Waals surface area contributed by atoms with Gasteiger partial charge >= 0.3 is 32.1 Å². The van der Waals surface area contributed by atoms with Crippen LogP contribution in [0.25, 0.3) is 11.1 Å². The summed E-state index contributed by atoms with van der Waals surface area (Å²) in [4.78, 5) is 3.45. The van der Waals surface area contributed by atoms with Crippen molar-refractivity contribution in [2.24, 2.45) is 0 Å². The van der Waals surface area contributed by atoms with Crippen molar-refractivity contribution in [3.05, 3.63) is 87.5 Å². The van der Waals surface area contributed by atoms with Gasteiger partial charge in [-0.2, -0.15) is 0 Å². The van der Waals surface area contributed by atoms with Crippen molar-refractivity contribution in [2.45, 2.75) is 232 Å². The van der Waals surface area contributed by atoms with Crippen LogP contribution in [0.1, 0.15) is 230 Å².